The van der Waals surface area contributed by atoms with Crippen molar-refractivity contribution in [2.24, 2.45) is 5.73 Å². The molecule has 14 heavy (non-hydrogen) atoms. The Balaban J connectivity index is 2.94. The van der Waals surface area contributed by atoms with Crippen LogP contribution in [0.4, 0.5) is 0 Å². The van der Waals surface area contributed by atoms with E-state index < -0.39 is 0 Å². The van der Waals surface area contributed by atoms with Crippen molar-refractivity contribution in [2.45, 2.75) is 39.5 Å². The minimum Gasteiger partial charge on any atom is -0.330 e. The molecule has 1 unspecified atom stereocenters. The van der Waals surface area contributed by atoms with Crippen LogP contribution in [0.5, 0.6) is 0 Å². The Kier molecular flexibility index (Phi) is 4.01. The minimum absolute atomic E-state index is 0.255. The summed E-state index contributed by atoms with van der Waals surface area (Å²) in [7, 11) is 0. The third kappa shape index (κ3) is 2.77. The number of hydrogen-bond acceptors (Lipinski definition) is 3. The largest absolute Gasteiger partial charge is 0.330 e. The molecule has 2 N–H and O–H groups in total. The topological polar surface area (TPSA) is 51.8 Å². The lowest BCUT2D eigenvalue weighted by molar-refractivity contribution is 0.692. The molecule has 0 bridgehead atoms. The predicted molar refractivity (Wildman–Crippen MR) is 58.2 cm³/mol. The summed E-state index contributed by atoms with van der Waals surface area (Å²) in [6.07, 6.45) is 2.14. The van der Waals surface area contributed by atoms with Crippen molar-refractivity contribution < 1.29 is 0 Å². The molecule has 0 spiro atoms. The number of aromatic nitrogens is 2. The monoisotopic (exact) mass is 193 g/mol. The van der Waals surface area contributed by atoms with E-state index in [0.29, 0.717) is 6.54 Å². The van der Waals surface area contributed by atoms with Crippen LogP contribution in [0.25, 0.3) is 0 Å². The average Bonchev–Trinajstić information content (AvgIpc) is 2.16. The van der Waals surface area contributed by atoms with E-state index in [-0.39, 0.29) is 5.92 Å². The first-order chi connectivity index (χ1) is 6.67. The second kappa shape index (κ2) is 5.05. The standard InChI is InChI=1S/C11H19N3/c1-4-5-10-6-9(3)13-11(14-10)8(2)7-12/h6,8H,4-5,7,12H2,1-3H3. The molecule has 1 atom stereocenters. The van der Waals surface area contributed by atoms with Crippen molar-refractivity contribution in [1.82, 2.24) is 9.97 Å². The molecule has 78 valence electrons. The highest BCUT2D eigenvalue weighted by Crippen LogP contribution is 2.11. The van der Waals surface area contributed by atoms with E-state index in [1.165, 1.54) is 0 Å². The fourth-order valence-corrected chi connectivity index (χ4v) is 1.37. The summed E-state index contributed by atoms with van der Waals surface area (Å²) >= 11 is 0. The van der Waals surface area contributed by atoms with Crippen LogP contribution in [-0.4, -0.2) is 16.5 Å². The molecule has 0 aromatic carbocycles. The van der Waals surface area contributed by atoms with Gasteiger partial charge in [0.25, 0.3) is 0 Å². The van der Waals surface area contributed by atoms with E-state index in [1.807, 2.05) is 6.92 Å². The lowest BCUT2D eigenvalue weighted by Gasteiger charge is -2.09. The Bertz CT molecular complexity index is 297. The van der Waals surface area contributed by atoms with E-state index in [0.717, 1.165) is 30.1 Å². The molecule has 1 aromatic heterocycles. The van der Waals surface area contributed by atoms with Gasteiger partial charge in [0.1, 0.15) is 5.82 Å². The number of nitrogens with two attached hydrogens (primary N) is 1. The normalized spacial score (nSPS) is 12.9. The molecule has 0 aliphatic rings. The highest BCUT2D eigenvalue weighted by molar-refractivity contribution is 5.12. The van der Waals surface area contributed by atoms with E-state index in [4.69, 9.17) is 5.73 Å². The molecule has 3 heteroatoms. The molecule has 0 fully saturated rings. The van der Waals surface area contributed by atoms with Crippen molar-refractivity contribution in [3.8, 4) is 0 Å². The zero-order chi connectivity index (χ0) is 10.6. The molecular weight excluding hydrogens is 174 g/mol. The first-order valence-electron chi connectivity index (χ1n) is 5.21. The third-order valence-corrected chi connectivity index (χ3v) is 2.23. The lowest BCUT2D eigenvalue weighted by Crippen LogP contribution is -2.13. The fourth-order valence-electron chi connectivity index (χ4n) is 1.37. The molecule has 0 radical (unpaired) electrons. The molecular formula is C11H19N3. The zero-order valence-corrected chi connectivity index (χ0v) is 9.25. The maximum absolute atomic E-state index is 5.60. The molecule has 0 aliphatic heterocycles. The predicted octanol–water partition coefficient (Wildman–Crippen LogP) is 1.80. The summed E-state index contributed by atoms with van der Waals surface area (Å²) in [5.41, 5.74) is 7.77. The van der Waals surface area contributed by atoms with Crippen LogP contribution in [0, 0.1) is 6.92 Å². The highest BCUT2D eigenvalue weighted by Gasteiger charge is 2.08. The smallest absolute Gasteiger partial charge is 0.132 e. The number of rotatable bonds is 4. The van der Waals surface area contributed by atoms with Gasteiger partial charge in [-0.2, -0.15) is 0 Å². The van der Waals surface area contributed by atoms with Crippen LogP contribution in [0.1, 0.15) is 43.4 Å². The minimum atomic E-state index is 0.255. The van der Waals surface area contributed by atoms with Crippen LogP contribution >= 0.6 is 0 Å². The summed E-state index contributed by atoms with van der Waals surface area (Å²) in [5.74, 6) is 1.14. The molecule has 1 aromatic rings. The summed E-state index contributed by atoms with van der Waals surface area (Å²) in [6, 6.07) is 2.05. The van der Waals surface area contributed by atoms with E-state index in [1.54, 1.807) is 0 Å². The SMILES string of the molecule is CCCc1cc(C)nc(C(C)CN)n1. The van der Waals surface area contributed by atoms with Crippen LogP contribution in [0.3, 0.4) is 0 Å². The Labute approximate surface area is 85.8 Å². The van der Waals surface area contributed by atoms with Crippen molar-refractivity contribution in [3.63, 3.8) is 0 Å². The first-order valence-corrected chi connectivity index (χ1v) is 5.21. The second-order valence-corrected chi connectivity index (χ2v) is 3.75. The van der Waals surface area contributed by atoms with Gasteiger partial charge in [-0.3, -0.25) is 0 Å². The molecule has 1 rings (SSSR count). The van der Waals surface area contributed by atoms with Crippen LogP contribution in [0.15, 0.2) is 6.07 Å². The van der Waals surface area contributed by atoms with Gasteiger partial charge in [-0.15, -0.1) is 0 Å². The highest BCUT2D eigenvalue weighted by atomic mass is 14.9. The van der Waals surface area contributed by atoms with Crippen molar-refractivity contribution >= 4 is 0 Å². The van der Waals surface area contributed by atoms with Crippen LogP contribution < -0.4 is 5.73 Å². The fraction of sp³-hybridized carbons (Fsp3) is 0.636. The van der Waals surface area contributed by atoms with Gasteiger partial charge < -0.3 is 5.73 Å². The van der Waals surface area contributed by atoms with Gasteiger partial charge in [-0.1, -0.05) is 20.3 Å². The number of nitrogens with zero attached hydrogens (tertiary/aromatic N) is 2. The summed E-state index contributed by atoms with van der Waals surface area (Å²) in [4.78, 5) is 8.90. The van der Waals surface area contributed by atoms with Crippen molar-refractivity contribution in [2.75, 3.05) is 6.54 Å². The van der Waals surface area contributed by atoms with Crippen molar-refractivity contribution in [3.05, 3.63) is 23.3 Å². The average molecular weight is 193 g/mol. The van der Waals surface area contributed by atoms with Gasteiger partial charge in [-0.05, 0) is 19.4 Å². The van der Waals surface area contributed by atoms with E-state index >= 15 is 0 Å². The first kappa shape index (κ1) is 11.1. The van der Waals surface area contributed by atoms with Gasteiger partial charge in [0.15, 0.2) is 0 Å². The molecule has 0 aliphatic carbocycles. The van der Waals surface area contributed by atoms with Crippen LogP contribution in [0.2, 0.25) is 0 Å². The van der Waals surface area contributed by atoms with E-state index in [2.05, 4.69) is 29.9 Å². The van der Waals surface area contributed by atoms with Gasteiger partial charge in [-0.25, -0.2) is 9.97 Å². The number of hydrogen-bond donors (Lipinski definition) is 1. The Morgan fingerprint density at radius 1 is 1.43 bits per heavy atom. The van der Waals surface area contributed by atoms with Gasteiger partial charge in [0.2, 0.25) is 0 Å². The molecule has 3 nitrogen and oxygen atoms in total. The van der Waals surface area contributed by atoms with Gasteiger partial charge in [0.05, 0.1) is 0 Å². The summed E-state index contributed by atoms with van der Waals surface area (Å²) in [6.45, 7) is 6.83. The maximum Gasteiger partial charge on any atom is 0.132 e. The maximum atomic E-state index is 5.60. The summed E-state index contributed by atoms with van der Waals surface area (Å²) < 4.78 is 0. The van der Waals surface area contributed by atoms with Gasteiger partial charge >= 0.3 is 0 Å². The molecule has 0 saturated heterocycles. The summed E-state index contributed by atoms with van der Waals surface area (Å²) in [5, 5.41) is 0. The molecule has 0 amide bonds. The molecule has 1 heterocycles. The van der Waals surface area contributed by atoms with Crippen molar-refractivity contribution in [1.29, 1.82) is 0 Å². The lowest BCUT2D eigenvalue weighted by atomic mass is 10.1. The van der Waals surface area contributed by atoms with E-state index in [9.17, 15) is 0 Å². The number of aryl methyl sites for hydroxylation is 2. The quantitative estimate of drug-likeness (QED) is 0.793. The third-order valence-electron chi connectivity index (χ3n) is 2.23. The zero-order valence-electron chi connectivity index (χ0n) is 9.25. The van der Waals surface area contributed by atoms with Crippen LogP contribution in [-0.2, 0) is 6.42 Å². The van der Waals surface area contributed by atoms with Gasteiger partial charge in [0, 0.05) is 23.9 Å². The Hall–Kier alpha value is -0.960. The second-order valence-electron chi connectivity index (χ2n) is 3.75. The Morgan fingerprint density at radius 3 is 2.71 bits per heavy atom. The molecule has 0 saturated carbocycles. The Morgan fingerprint density at radius 2 is 2.14 bits per heavy atom.